The molecular weight excluding hydrogens is 451 g/mol. The molecule has 10 heteroatoms. The molecule has 1 aromatic carbocycles. The lowest BCUT2D eigenvalue weighted by molar-refractivity contribution is -0.140. The first-order chi connectivity index (χ1) is 16.8. The number of aromatic nitrogens is 4. The van der Waals surface area contributed by atoms with Crippen LogP contribution in [-0.2, 0) is 24.2 Å². The third-order valence-corrected chi connectivity index (χ3v) is 7.21. The Kier molecular flexibility index (Phi) is 6.31. The average Bonchev–Trinajstić information content (AvgIpc) is 3.41. The highest BCUT2D eigenvalue weighted by Gasteiger charge is 2.26. The zero-order chi connectivity index (χ0) is 24.7. The number of carbonyl (C=O) groups is 1. The van der Waals surface area contributed by atoms with Crippen LogP contribution in [0.2, 0.25) is 0 Å². The zero-order valence-electron chi connectivity index (χ0n) is 20.1. The van der Waals surface area contributed by atoms with E-state index in [9.17, 15) is 14.3 Å². The van der Waals surface area contributed by atoms with Gasteiger partial charge in [-0.1, -0.05) is 6.07 Å². The van der Waals surface area contributed by atoms with E-state index in [1.54, 1.807) is 4.90 Å². The first kappa shape index (κ1) is 23.5. The molecule has 1 unspecified atom stereocenters. The third-order valence-electron chi connectivity index (χ3n) is 7.21. The fraction of sp³-hybridized carbons (Fsp3) is 0.520. The number of aliphatic hydroxyl groups is 1. The summed E-state index contributed by atoms with van der Waals surface area (Å²) in [6.45, 7) is 6.15. The van der Waals surface area contributed by atoms with Crippen LogP contribution in [0.1, 0.15) is 48.7 Å². The van der Waals surface area contributed by atoms with Crippen molar-refractivity contribution in [3.05, 3.63) is 40.7 Å². The summed E-state index contributed by atoms with van der Waals surface area (Å²) in [4.78, 5) is 26.2. The molecule has 4 heterocycles. The molecule has 0 saturated carbocycles. The summed E-state index contributed by atoms with van der Waals surface area (Å²) in [5.41, 5.74) is 10.3. The van der Waals surface area contributed by atoms with Crippen molar-refractivity contribution in [1.29, 1.82) is 0 Å². The summed E-state index contributed by atoms with van der Waals surface area (Å²) < 4.78 is 21.8. The number of fused-ring (bicyclic) bond motifs is 2. The second kappa shape index (κ2) is 9.41. The van der Waals surface area contributed by atoms with E-state index in [0.717, 1.165) is 48.4 Å². The monoisotopic (exact) mass is 482 g/mol. The number of aliphatic hydroxyl groups excluding tert-OH is 1. The maximum atomic E-state index is 14.1. The lowest BCUT2D eigenvalue weighted by atomic mass is 9.93. The molecule has 5 rings (SSSR count). The number of ether oxygens (including phenoxy) is 1. The van der Waals surface area contributed by atoms with Crippen LogP contribution < -0.4 is 10.5 Å². The van der Waals surface area contributed by atoms with Crippen LogP contribution in [-0.4, -0.2) is 61.2 Å². The molecule has 2 aromatic heterocycles. The molecule has 0 radical (unpaired) electrons. The Labute approximate surface area is 203 Å². The predicted molar refractivity (Wildman–Crippen MR) is 128 cm³/mol. The molecule has 3 N–H and O–H groups in total. The van der Waals surface area contributed by atoms with Gasteiger partial charge >= 0.3 is 6.08 Å². The summed E-state index contributed by atoms with van der Waals surface area (Å²) in [6.07, 6.45) is 2.17. The summed E-state index contributed by atoms with van der Waals surface area (Å²) in [5, 5.41) is 9.57. The van der Waals surface area contributed by atoms with Gasteiger partial charge in [0.25, 0.3) is 5.91 Å². The van der Waals surface area contributed by atoms with Crippen LogP contribution >= 0.6 is 0 Å². The van der Waals surface area contributed by atoms with Crippen LogP contribution in [0.4, 0.5) is 10.2 Å². The number of piperidine rings is 1. The van der Waals surface area contributed by atoms with Crippen LogP contribution in [0, 0.1) is 18.9 Å². The van der Waals surface area contributed by atoms with Crippen LogP contribution in [0.3, 0.4) is 0 Å². The van der Waals surface area contributed by atoms with E-state index in [4.69, 9.17) is 15.5 Å². The van der Waals surface area contributed by atoms with E-state index < -0.39 is 12.2 Å². The molecule has 1 atom stereocenters. The molecule has 1 amide bonds. The quantitative estimate of drug-likeness (QED) is 0.518. The average molecular weight is 483 g/mol. The molecule has 9 nitrogen and oxygen atoms in total. The fourth-order valence-electron chi connectivity index (χ4n) is 5.18. The lowest BCUT2D eigenvalue weighted by Gasteiger charge is -2.32. The molecule has 186 valence electrons. The number of amides is 1. The van der Waals surface area contributed by atoms with Gasteiger partial charge < -0.3 is 25.0 Å². The Bertz CT molecular complexity index is 1270. The van der Waals surface area contributed by atoms with Gasteiger partial charge in [0.1, 0.15) is 17.7 Å². The minimum Gasteiger partial charge on any atom is -0.493 e. The normalized spacial score (nSPS) is 17.0. The van der Waals surface area contributed by atoms with E-state index in [-0.39, 0.29) is 11.7 Å². The number of halogens is 1. The first-order valence-electron chi connectivity index (χ1n) is 12.2. The number of benzene rings is 1. The largest absolute Gasteiger partial charge is 0.493 e. The van der Waals surface area contributed by atoms with Gasteiger partial charge in [-0.05, 0) is 61.8 Å². The molecule has 0 bridgehead atoms. The number of nitrogens with zero attached hydrogens (tertiary/aromatic N) is 5. The van der Waals surface area contributed by atoms with Gasteiger partial charge in [-0.3, -0.25) is 4.79 Å². The smallest absolute Gasteiger partial charge is 0.312 e. The molecule has 35 heavy (non-hydrogen) atoms. The SMILES string of the molecule is Cc1cc2c(cc1Cc1nc3c(N)nc(F)nc3n1CCC1CCN(C(=O)C(C)O)CC1)OCC2. The number of rotatable bonds is 6. The Morgan fingerprint density at radius 1 is 1.29 bits per heavy atom. The Morgan fingerprint density at radius 3 is 2.80 bits per heavy atom. The van der Waals surface area contributed by atoms with Crippen LogP contribution in [0.25, 0.3) is 11.2 Å². The summed E-state index contributed by atoms with van der Waals surface area (Å²) >= 11 is 0. The van der Waals surface area contributed by atoms with Crippen molar-refractivity contribution in [2.75, 3.05) is 25.4 Å². The van der Waals surface area contributed by atoms with Crippen molar-refractivity contribution in [1.82, 2.24) is 24.4 Å². The standard InChI is InChI=1S/C25H31FN6O3/c1-14-11-17-6-10-35-19(17)12-18(14)13-20-28-21-22(27)29-25(26)30-23(21)32(20)9-5-16-3-7-31(8-4-16)24(34)15(2)33/h11-12,15-16,33H,3-10,13H2,1-2H3,(H2,27,29,30). The van der Waals surface area contributed by atoms with Crippen LogP contribution in [0.5, 0.6) is 5.75 Å². The minimum absolute atomic E-state index is 0.0338. The molecule has 0 aliphatic carbocycles. The molecular formula is C25H31FN6O3. The summed E-state index contributed by atoms with van der Waals surface area (Å²) in [6, 6.07) is 4.24. The summed E-state index contributed by atoms with van der Waals surface area (Å²) in [5.74, 6) is 1.89. The van der Waals surface area contributed by atoms with Gasteiger partial charge in [0.2, 0.25) is 0 Å². The van der Waals surface area contributed by atoms with Gasteiger partial charge in [0.05, 0.1) is 6.61 Å². The highest BCUT2D eigenvalue weighted by atomic mass is 19.1. The molecule has 3 aromatic rings. The van der Waals surface area contributed by atoms with Gasteiger partial charge in [-0.25, -0.2) is 4.98 Å². The maximum Gasteiger partial charge on any atom is 0.312 e. The molecule has 1 saturated heterocycles. The highest BCUT2D eigenvalue weighted by Crippen LogP contribution is 2.31. The second-order valence-electron chi connectivity index (χ2n) is 9.62. The maximum absolute atomic E-state index is 14.1. The van der Waals surface area contributed by atoms with E-state index in [2.05, 4.69) is 29.0 Å². The number of nitrogens with two attached hydrogens (primary N) is 1. The lowest BCUT2D eigenvalue weighted by Crippen LogP contribution is -2.43. The van der Waals surface area contributed by atoms with Crippen LogP contribution in [0.15, 0.2) is 12.1 Å². The summed E-state index contributed by atoms with van der Waals surface area (Å²) in [7, 11) is 0. The van der Waals surface area contributed by atoms with Crippen molar-refractivity contribution in [3.8, 4) is 5.75 Å². The van der Waals surface area contributed by atoms with E-state index in [0.29, 0.717) is 49.7 Å². The molecule has 2 aliphatic rings. The van der Waals surface area contributed by atoms with Gasteiger partial charge in [0, 0.05) is 32.5 Å². The van der Waals surface area contributed by atoms with Gasteiger partial charge in [-0.15, -0.1) is 0 Å². The number of hydrogen-bond acceptors (Lipinski definition) is 7. The number of hydrogen-bond donors (Lipinski definition) is 2. The van der Waals surface area contributed by atoms with E-state index in [1.807, 2.05) is 4.57 Å². The Hall–Kier alpha value is -3.27. The van der Waals surface area contributed by atoms with Crippen molar-refractivity contribution in [2.24, 2.45) is 5.92 Å². The first-order valence-corrected chi connectivity index (χ1v) is 12.2. The number of carbonyl (C=O) groups excluding carboxylic acids is 1. The predicted octanol–water partition coefficient (Wildman–Crippen LogP) is 2.39. The third kappa shape index (κ3) is 4.67. The molecule has 1 fully saturated rings. The Morgan fingerprint density at radius 2 is 2.06 bits per heavy atom. The number of aryl methyl sites for hydroxylation is 2. The van der Waals surface area contributed by atoms with E-state index >= 15 is 0 Å². The van der Waals surface area contributed by atoms with Crippen molar-refractivity contribution in [3.63, 3.8) is 0 Å². The molecule has 2 aliphatic heterocycles. The van der Waals surface area contributed by atoms with Gasteiger partial charge in [0.15, 0.2) is 17.0 Å². The number of anilines is 1. The Balaban J connectivity index is 1.38. The second-order valence-corrected chi connectivity index (χ2v) is 9.62. The zero-order valence-corrected chi connectivity index (χ0v) is 20.1. The highest BCUT2D eigenvalue weighted by molar-refractivity contribution is 5.82. The minimum atomic E-state index is -0.973. The molecule has 0 spiro atoms. The number of nitrogen functional groups attached to an aromatic ring is 1. The topological polar surface area (TPSA) is 119 Å². The number of imidazole rings is 1. The fourth-order valence-corrected chi connectivity index (χ4v) is 5.18. The van der Waals surface area contributed by atoms with Crippen molar-refractivity contribution < 1.29 is 19.0 Å². The van der Waals surface area contributed by atoms with Gasteiger partial charge in [-0.2, -0.15) is 14.4 Å². The van der Waals surface area contributed by atoms with E-state index in [1.165, 1.54) is 12.5 Å². The van der Waals surface area contributed by atoms with Crippen molar-refractivity contribution in [2.45, 2.75) is 58.6 Å². The van der Waals surface area contributed by atoms with Crippen molar-refractivity contribution >= 4 is 22.9 Å². The number of likely N-dealkylation sites (tertiary alicyclic amines) is 1.